The molecule has 0 aliphatic rings. The Bertz CT molecular complexity index is 157. The number of hydrogen-bond acceptors (Lipinski definition) is 2. The zero-order chi connectivity index (χ0) is 12.4. The highest BCUT2D eigenvalue weighted by atomic mass is 16.5. The number of rotatable bonds is 10. The summed E-state index contributed by atoms with van der Waals surface area (Å²) in [4.78, 5) is 0. The maximum atomic E-state index is 6.15. The average molecular weight is 229 g/mol. The first-order valence-electron chi connectivity index (χ1n) is 6.94. The van der Waals surface area contributed by atoms with Crippen molar-refractivity contribution in [3.05, 3.63) is 0 Å². The van der Waals surface area contributed by atoms with Crippen LogP contribution in [0.4, 0.5) is 0 Å². The van der Waals surface area contributed by atoms with E-state index in [0.29, 0.717) is 0 Å². The standard InChI is InChI=1S/C14H31NO/c1-5-7-8-9-10-11-12-13(15)14(3,4)16-6-2/h13H,5-12,15H2,1-4H3. The molecule has 0 fully saturated rings. The molecule has 0 aromatic rings. The van der Waals surface area contributed by atoms with E-state index >= 15 is 0 Å². The third-order valence-electron chi connectivity index (χ3n) is 3.28. The van der Waals surface area contributed by atoms with Crippen LogP contribution in [-0.4, -0.2) is 18.2 Å². The lowest BCUT2D eigenvalue weighted by molar-refractivity contribution is -0.0311. The van der Waals surface area contributed by atoms with Crippen molar-refractivity contribution >= 4 is 0 Å². The van der Waals surface area contributed by atoms with Gasteiger partial charge in [0, 0.05) is 12.6 Å². The molecule has 0 aromatic heterocycles. The van der Waals surface area contributed by atoms with Gasteiger partial charge in [0.2, 0.25) is 0 Å². The van der Waals surface area contributed by atoms with Crippen molar-refractivity contribution in [2.45, 2.75) is 84.3 Å². The van der Waals surface area contributed by atoms with Gasteiger partial charge in [0.15, 0.2) is 0 Å². The van der Waals surface area contributed by atoms with Crippen LogP contribution in [0.5, 0.6) is 0 Å². The Hall–Kier alpha value is -0.0800. The third kappa shape index (κ3) is 7.24. The van der Waals surface area contributed by atoms with Gasteiger partial charge in [-0.05, 0) is 27.2 Å². The minimum Gasteiger partial charge on any atom is -0.374 e. The topological polar surface area (TPSA) is 35.2 Å². The first kappa shape index (κ1) is 15.9. The summed E-state index contributed by atoms with van der Waals surface area (Å²) in [5.74, 6) is 0. The highest BCUT2D eigenvalue weighted by molar-refractivity contribution is 4.82. The summed E-state index contributed by atoms with van der Waals surface area (Å²) in [6.45, 7) is 9.22. The lowest BCUT2D eigenvalue weighted by atomic mass is 9.94. The van der Waals surface area contributed by atoms with Gasteiger partial charge >= 0.3 is 0 Å². The van der Waals surface area contributed by atoms with Crippen LogP contribution in [0.1, 0.15) is 72.6 Å². The van der Waals surface area contributed by atoms with Crippen LogP contribution in [0.15, 0.2) is 0 Å². The fourth-order valence-electron chi connectivity index (χ4n) is 1.97. The van der Waals surface area contributed by atoms with Crippen molar-refractivity contribution < 1.29 is 4.74 Å². The Kier molecular flexibility index (Phi) is 8.96. The van der Waals surface area contributed by atoms with Crippen LogP contribution in [0.3, 0.4) is 0 Å². The van der Waals surface area contributed by atoms with Gasteiger partial charge < -0.3 is 10.5 Å². The number of hydrogen-bond donors (Lipinski definition) is 1. The molecule has 0 rings (SSSR count). The molecule has 0 radical (unpaired) electrons. The second-order valence-electron chi connectivity index (χ2n) is 5.20. The van der Waals surface area contributed by atoms with E-state index in [1.165, 1.54) is 38.5 Å². The van der Waals surface area contributed by atoms with Gasteiger partial charge in [-0.15, -0.1) is 0 Å². The number of ether oxygens (including phenoxy) is 1. The van der Waals surface area contributed by atoms with Gasteiger partial charge in [0.25, 0.3) is 0 Å². The van der Waals surface area contributed by atoms with E-state index < -0.39 is 0 Å². The van der Waals surface area contributed by atoms with Gasteiger partial charge in [0.05, 0.1) is 5.60 Å². The average Bonchev–Trinajstić information content (AvgIpc) is 2.22. The van der Waals surface area contributed by atoms with E-state index in [2.05, 4.69) is 20.8 Å². The van der Waals surface area contributed by atoms with Crippen molar-refractivity contribution in [2.24, 2.45) is 5.73 Å². The Morgan fingerprint density at radius 1 is 1.00 bits per heavy atom. The lowest BCUT2D eigenvalue weighted by Gasteiger charge is -2.31. The van der Waals surface area contributed by atoms with Crippen LogP contribution in [0.25, 0.3) is 0 Å². The van der Waals surface area contributed by atoms with Crippen molar-refractivity contribution in [1.29, 1.82) is 0 Å². The second kappa shape index (κ2) is 9.00. The Morgan fingerprint density at radius 3 is 2.12 bits per heavy atom. The van der Waals surface area contributed by atoms with Crippen LogP contribution in [0.2, 0.25) is 0 Å². The van der Waals surface area contributed by atoms with Crippen molar-refractivity contribution in [1.82, 2.24) is 0 Å². The van der Waals surface area contributed by atoms with E-state index in [9.17, 15) is 0 Å². The van der Waals surface area contributed by atoms with Gasteiger partial charge in [-0.3, -0.25) is 0 Å². The Labute approximate surface area is 102 Å². The first-order valence-corrected chi connectivity index (χ1v) is 6.94. The summed E-state index contributed by atoms with van der Waals surface area (Å²) < 4.78 is 5.66. The molecule has 0 saturated carbocycles. The molecule has 0 bridgehead atoms. The molecule has 2 N–H and O–H groups in total. The molecule has 0 aliphatic heterocycles. The van der Waals surface area contributed by atoms with Crippen LogP contribution < -0.4 is 5.73 Å². The Morgan fingerprint density at radius 2 is 1.56 bits per heavy atom. The molecule has 0 heterocycles. The fourth-order valence-corrected chi connectivity index (χ4v) is 1.97. The van der Waals surface area contributed by atoms with Crippen LogP contribution in [-0.2, 0) is 4.74 Å². The summed E-state index contributed by atoms with van der Waals surface area (Å²) in [6.07, 6.45) is 9.06. The molecule has 0 saturated heterocycles. The third-order valence-corrected chi connectivity index (χ3v) is 3.28. The van der Waals surface area contributed by atoms with Crippen molar-refractivity contribution in [2.75, 3.05) is 6.61 Å². The monoisotopic (exact) mass is 229 g/mol. The molecule has 1 atom stereocenters. The minimum atomic E-state index is -0.168. The van der Waals surface area contributed by atoms with Crippen molar-refractivity contribution in [3.8, 4) is 0 Å². The summed E-state index contributed by atoms with van der Waals surface area (Å²) in [6, 6.07) is 0.165. The second-order valence-corrected chi connectivity index (χ2v) is 5.20. The molecule has 2 nitrogen and oxygen atoms in total. The highest BCUT2D eigenvalue weighted by Gasteiger charge is 2.25. The SMILES string of the molecule is CCCCCCCCC(N)C(C)(C)OCC. The zero-order valence-corrected chi connectivity index (χ0v) is 11.7. The van der Waals surface area contributed by atoms with E-state index in [-0.39, 0.29) is 11.6 Å². The molecule has 0 amide bonds. The molecular weight excluding hydrogens is 198 g/mol. The number of nitrogens with two attached hydrogens (primary N) is 1. The molecule has 0 spiro atoms. The van der Waals surface area contributed by atoms with Gasteiger partial charge in [-0.2, -0.15) is 0 Å². The molecular formula is C14H31NO. The highest BCUT2D eigenvalue weighted by Crippen LogP contribution is 2.18. The molecule has 1 unspecified atom stereocenters. The van der Waals surface area contributed by atoms with E-state index in [1.54, 1.807) is 0 Å². The maximum Gasteiger partial charge on any atom is 0.0776 e. The minimum absolute atomic E-state index is 0.165. The van der Waals surface area contributed by atoms with Crippen LogP contribution in [0, 0.1) is 0 Å². The van der Waals surface area contributed by atoms with Gasteiger partial charge in [-0.25, -0.2) is 0 Å². The molecule has 98 valence electrons. The van der Waals surface area contributed by atoms with Gasteiger partial charge in [0.1, 0.15) is 0 Å². The normalized spacial score (nSPS) is 14.1. The van der Waals surface area contributed by atoms with E-state index in [4.69, 9.17) is 10.5 Å². The number of unbranched alkanes of at least 4 members (excludes halogenated alkanes) is 5. The van der Waals surface area contributed by atoms with E-state index in [0.717, 1.165) is 13.0 Å². The predicted molar refractivity (Wildman–Crippen MR) is 71.7 cm³/mol. The smallest absolute Gasteiger partial charge is 0.0776 e. The summed E-state index contributed by atoms with van der Waals surface area (Å²) in [5, 5.41) is 0. The fraction of sp³-hybridized carbons (Fsp3) is 1.00. The summed E-state index contributed by atoms with van der Waals surface area (Å²) in [5.41, 5.74) is 5.98. The van der Waals surface area contributed by atoms with Crippen LogP contribution >= 0.6 is 0 Å². The van der Waals surface area contributed by atoms with E-state index in [1.807, 2.05) is 6.92 Å². The largest absolute Gasteiger partial charge is 0.374 e. The lowest BCUT2D eigenvalue weighted by Crippen LogP contribution is -2.45. The predicted octanol–water partition coefficient (Wildman–Crippen LogP) is 3.88. The molecule has 16 heavy (non-hydrogen) atoms. The maximum absolute atomic E-state index is 6.15. The first-order chi connectivity index (χ1) is 7.54. The van der Waals surface area contributed by atoms with Crippen molar-refractivity contribution in [3.63, 3.8) is 0 Å². The molecule has 0 aliphatic carbocycles. The summed E-state index contributed by atoms with van der Waals surface area (Å²) >= 11 is 0. The van der Waals surface area contributed by atoms with Gasteiger partial charge in [-0.1, -0.05) is 45.4 Å². The molecule has 0 aromatic carbocycles. The Balaban J connectivity index is 3.52. The zero-order valence-electron chi connectivity index (χ0n) is 11.7. The molecule has 2 heteroatoms. The quantitative estimate of drug-likeness (QED) is 0.577. The summed E-state index contributed by atoms with van der Waals surface area (Å²) in [7, 11) is 0.